The molecule has 0 saturated carbocycles. The molecule has 3 rings (SSSR count). The number of amides is 2. The standard InChI is InChI=1S/C22H26N2O4.C3H8/c1-14-6-5-9-17(12-14)15(2)23-21(27)19(25)20(26)22(28)24-11-10-16-7-3-4-8-18(16)13-24;1-3-2/h3-9,12,15,19-20,25-26H,10-11,13H2,1-2H3,(H,23,27);3H2,1-2H3. The van der Waals surface area contributed by atoms with Crippen molar-refractivity contribution < 1.29 is 19.8 Å². The average Bonchev–Trinajstić information content (AvgIpc) is 2.77. The molecule has 2 amide bonds. The van der Waals surface area contributed by atoms with Gasteiger partial charge in [-0.3, -0.25) is 9.59 Å². The van der Waals surface area contributed by atoms with Crippen LogP contribution in [0, 0.1) is 6.92 Å². The second-order valence-electron chi connectivity index (χ2n) is 8.02. The number of hydrogen-bond donors (Lipinski definition) is 3. The van der Waals surface area contributed by atoms with Gasteiger partial charge in [-0.05, 0) is 37.0 Å². The van der Waals surface area contributed by atoms with Gasteiger partial charge in [0.2, 0.25) is 0 Å². The number of rotatable bonds is 5. The fourth-order valence-electron chi connectivity index (χ4n) is 3.47. The van der Waals surface area contributed by atoms with Crippen molar-refractivity contribution in [1.29, 1.82) is 0 Å². The first-order chi connectivity index (χ1) is 14.8. The minimum atomic E-state index is -1.82. The summed E-state index contributed by atoms with van der Waals surface area (Å²) in [6.07, 6.45) is -1.69. The Morgan fingerprint density at radius 2 is 1.68 bits per heavy atom. The number of aliphatic hydroxyl groups is 2. The van der Waals surface area contributed by atoms with Crippen LogP contribution in [0.25, 0.3) is 0 Å². The summed E-state index contributed by atoms with van der Waals surface area (Å²) in [7, 11) is 0. The van der Waals surface area contributed by atoms with Crippen LogP contribution in [0.2, 0.25) is 0 Å². The van der Waals surface area contributed by atoms with Crippen molar-refractivity contribution in [1.82, 2.24) is 10.2 Å². The van der Waals surface area contributed by atoms with Crippen LogP contribution in [0.4, 0.5) is 0 Å². The van der Waals surface area contributed by atoms with Gasteiger partial charge in [-0.15, -0.1) is 0 Å². The Morgan fingerprint density at radius 1 is 1.03 bits per heavy atom. The first kappa shape index (κ1) is 24.6. The Balaban J connectivity index is 0.00000107. The van der Waals surface area contributed by atoms with Crippen molar-refractivity contribution >= 4 is 11.8 Å². The van der Waals surface area contributed by atoms with Gasteiger partial charge >= 0.3 is 0 Å². The van der Waals surface area contributed by atoms with Gasteiger partial charge in [0, 0.05) is 13.1 Å². The number of nitrogens with zero attached hydrogens (tertiary/aromatic N) is 1. The summed E-state index contributed by atoms with van der Waals surface area (Å²) in [5.41, 5.74) is 4.13. The van der Waals surface area contributed by atoms with Gasteiger partial charge in [-0.2, -0.15) is 0 Å². The number of carbonyl (C=O) groups excluding carboxylic acids is 2. The molecule has 1 heterocycles. The van der Waals surface area contributed by atoms with E-state index in [9.17, 15) is 19.8 Å². The lowest BCUT2D eigenvalue weighted by Crippen LogP contribution is -2.51. The molecule has 31 heavy (non-hydrogen) atoms. The number of hydrogen-bond acceptors (Lipinski definition) is 4. The number of fused-ring (bicyclic) bond motifs is 1. The van der Waals surface area contributed by atoms with E-state index in [1.54, 1.807) is 6.92 Å². The molecule has 0 radical (unpaired) electrons. The molecule has 0 fully saturated rings. The first-order valence-corrected chi connectivity index (χ1v) is 10.9. The van der Waals surface area contributed by atoms with Crippen molar-refractivity contribution in [2.45, 2.75) is 65.3 Å². The highest BCUT2D eigenvalue weighted by atomic mass is 16.3. The van der Waals surface area contributed by atoms with Crippen molar-refractivity contribution in [3.63, 3.8) is 0 Å². The van der Waals surface area contributed by atoms with Crippen LogP contribution in [0.3, 0.4) is 0 Å². The molecule has 3 unspecified atom stereocenters. The fourth-order valence-corrected chi connectivity index (χ4v) is 3.47. The van der Waals surface area contributed by atoms with Crippen LogP contribution in [0.1, 0.15) is 55.5 Å². The van der Waals surface area contributed by atoms with Gasteiger partial charge < -0.3 is 20.4 Å². The highest BCUT2D eigenvalue weighted by Crippen LogP contribution is 2.20. The predicted octanol–water partition coefficient (Wildman–Crippen LogP) is 2.90. The van der Waals surface area contributed by atoms with E-state index in [1.807, 2.05) is 55.5 Å². The molecule has 0 saturated heterocycles. The molecule has 0 bridgehead atoms. The maximum atomic E-state index is 12.6. The lowest BCUT2D eigenvalue weighted by atomic mass is 9.99. The van der Waals surface area contributed by atoms with Crippen LogP contribution in [0.5, 0.6) is 0 Å². The van der Waals surface area contributed by atoms with Crippen LogP contribution < -0.4 is 5.32 Å². The summed E-state index contributed by atoms with van der Waals surface area (Å²) in [5.74, 6) is -1.41. The average molecular weight is 427 g/mol. The largest absolute Gasteiger partial charge is 0.380 e. The van der Waals surface area contributed by atoms with Crippen LogP contribution >= 0.6 is 0 Å². The molecular weight excluding hydrogens is 392 g/mol. The minimum absolute atomic E-state index is 0.355. The second-order valence-corrected chi connectivity index (χ2v) is 8.02. The van der Waals surface area contributed by atoms with Crippen molar-refractivity contribution in [3.05, 3.63) is 70.8 Å². The highest BCUT2D eigenvalue weighted by Gasteiger charge is 2.35. The third-order valence-corrected chi connectivity index (χ3v) is 5.16. The Hall–Kier alpha value is -2.70. The van der Waals surface area contributed by atoms with Crippen molar-refractivity contribution in [2.24, 2.45) is 0 Å². The van der Waals surface area contributed by atoms with Crippen molar-refractivity contribution in [3.8, 4) is 0 Å². The number of benzene rings is 2. The zero-order valence-electron chi connectivity index (χ0n) is 18.8. The van der Waals surface area contributed by atoms with Crippen LogP contribution in [0.15, 0.2) is 48.5 Å². The monoisotopic (exact) mass is 426 g/mol. The zero-order valence-corrected chi connectivity index (χ0v) is 18.8. The van der Waals surface area contributed by atoms with Gasteiger partial charge in [0.25, 0.3) is 11.8 Å². The smallest absolute Gasteiger partial charge is 0.255 e. The summed E-state index contributed by atoms with van der Waals surface area (Å²) in [6, 6.07) is 15.1. The number of aryl methyl sites for hydroxylation is 1. The molecule has 3 atom stereocenters. The number of nitrogens with one attached hydrogen (secondary N) is 1. The molecule has 6 nitrogen and oxygen atoms in total. The van der Waals surface area contributed by atoms with Gasteiger partial charge in [-0.25, -0.2) is 0 Å². The van der Waals surface area contributed by atoms with E-state index in [-0.39, 0.29) is 6.04 Å². The molecule has 168 valence electrons. The Labute approximate surface area is 184 Å². The Kier molecular flexibility index (Phi) is 9.21. The van der Waals surface area contributed by atoms with E-state index >= 15 is 0 Å². The topological polar surface area (TPSA) is 89.9 Å². The Morgan fingerprint density at radius 3 is 2.32 bits per heavy atom. The quantitative estimate of drug-likeness (QED) is 0.686. The molecule has 3 N–H and O–H groups in total. The normalized spacial score (nSPS) is 15.6. The molecular formula is C25H34N2O4. The van der Waals surface area contributed by atoms with Gasteiger partial charge in [0.15, 0.2) is 12.2 Å². The van der Waals surface area contributed by atoms with E-state index in [2.05, 4.69) is 19.2 Å². The summed E-state index contributed by atoms with van der Waals surface area (Å²) in [5, 5.41) is 23.2. The fraction of sp³-hybridized carbons (Fsp3) is 0.440. The van der Waals surface area contributed by atoms with Crippen LogP contribution in [-0.2, 0) is 22.6 Å². The first-order valence-electron chi connectivity index (χ1n) is 10.9. The SMILES string of the molecule is CCC.Cc1cccc(C(C)NC(=O)C(O)C(O)C(=O)N2CCc3ccccc3C2)c1. The second kappa shape index (κ2) is 11.6. The maximum Gasteiger partial charge on any atom is 0.255 e. The number of aliphatic hydroxyl groups excluding tert-OH is 2. The van der Waals surface area contributed by atoms with Gasteiger partial charge in [0.05, 0.1) is 6.04 Å². The number of carbonyl (C=O) groups is 2. The zero-order chi connectivity index (χ0) is 23.0. The Bertz CT molecular complexity index is 883. The van der Waals surface area contributed by atoms with E-state index in [1.165, 1.54) is 16.9 Å². The molecule has 1 aliphatic heterocycles. The molecule has 0 aromatic heterocycles. The third kappa shape index (κ3) is 6.64. The highest BCUT2D eigenvalue weighted by molar-refractivity contribution is 5.91. The maximum absolute atomic E-state index is 12.6. The van der Waals surface area contributed by atoms with Crippen LogP contribution in [-0.4, -0.2) is 45.7 Å². The van der Waals surface area contributed by atoms with Gasteiger partial charge in [0.1, 0.15) is 0 Å². The van der Waals surface area contributed by atoms with E-state index < -0.39 is 24.0 Å². The third-order valence-electron chi connectivity index (χ3n) is 5.16. The summed E-state index contributed by atoms with van der Waals surface area (Å²) in [4.78, 5) is 26.4. The summed E-state index contributed by atoms with van der Waals surface area (Å²) < 4.78 is 0. The van der Waals surface area contributed by atoms with Gasteiger partial charge in [-0.1, -0.05) is 74.4 Å². The molecule has 2 aromatic carbocycles. The van der Waals surface area contributed by atoms with E-state index in [0.717, 1.165) is 16.7 Å². The minimum Gasteiger partial charge on any atom is -0.380 e. The lowest BCUT2D eigenvalue weighted by Gasteiger charge is -2.31. The summed E-state index contributed by atoms with van der Waals surface area (Å²) >= 11 is 0. The predicted molar refractivity (Wildman–Crippen MR) is 121 cm³/mol. The lowest BCUT2D eigenvalue weighted by molar-refractivity contribution is -0.154. The summed E-state index contributed by atoms with van der Waals surface area (Å²) in [6.45, 7) is 8.79. The molecule has 2 aromatic rings. The molecule has 0 spiro atoms. The van der Waals surface area contributed by atoms with E-state index in [0.29, 0.717) is 19.5 Å². The molecule has 0 aliphatic carbocycles. The molecule has 6 heteroatoms. The molecule has 1 aliphatic rings. The van der Waals surface area contributed by atoms with E-state index in [4.69, 9.17) is 0 Å². The van der Waals surface area contributed by atoms with Crippen molar-refractivity contribution in [2.75, 3.05) is 6.54 Å².